The first-order chi connectivity index (χ1) is 8.67. The molecule has 0 saturated heterocycles. The van der Waals surface area contributed by atoms with E-state index in [0.717, 1.165) is 38.1 Å². The lowest BCUT2D eigenvalue weighted by Gasteiger charge is -2.19. The first-order valence-electron chi connectivity index (χ1n) is 6.40. The lowest BCUT2D eigenvalue weighted by molar-refractivity contribution is 0.297. The maximum absolute atomic E-state index is 9.07. The van der Waals surface area contributed by atoms with E-state index in [2.05, 4.69) is 30.1 Å². The van der Waals surface area contributed by atoms with Crippen molar-refractivity contribution >= 4 is 0 Å². The Bertz CT molecular complexity index is 446. The molecular weight excluding hydrogens is 224 g/mol. The van der Waals surface area contributed by atoms with E-state index in [0.29, 0.717) is 0 Å². The molecule has 1 aromatic carbocycles. The second kappa shape index (κ2) is 5.41. The fraction of sp³-hybridized carbons (Fsp3) is 0.533. The predicted molar refractivity (Wildman–Crippen MR) is 71.5 cm³/mol. The van der Waals surface area contributed by atoms with Crippen molar-refractivity contribution in [2.45, 2.75) is 19.3 Å². The number of nitriles is 1. The molecule has 0 radical (unpaired) electrons. The van der Waals surface area contributed by atoms with Gasteiger partial charge in [-0.3, -0.25) is 0 Å². The molecule has 96 valence electrons. The molecule has 3 nitrogen and oxygen atoms in total. The Kier molecular flexibility index (Phi) is 3.88. The molecule has 0 N–H and O–H groups in total. The van der Waals surface area contributed by atoms with Crippen molar-refractivity contribution in [1.29, 1.82) is 5.26 Å². The van der Waals surface area contributed by atoms with Crippen LogP contribution >= 0.6 is 0 Å². The summed E-state index contributed by atoms with van der Waals surface area (Å²) in [6.07, 6.45) is 3.12. The molecule has 0 aliphatic heterocycles. The van der Waals surface area contributed by atoms with Crippen LogP contribution in [0.1, 0.15) is 18.4 Å². The fourth-order valence-electron chi connectivity index (χ4n) is 2.20. The first-order valence-corrected chi connectivity index (χ1v) is 6.40. The van der Waals surface area contributed by atoms with E-state index in [1.54, 1.807) is 7.11 Å². The molecule has 0 aromatic heterocycles. The highest BCUT2D eigenvalue weighted by molar-refractivity contribution is 5.28. The number of methoxy groups -OCH3 is 1. The zero-order valence-electron chi connectivity index (χ0n) is 11.1. The van der Waals surface area contributed by atoms with Gasteiger partial charge < -0.3 is 9.64 Å². The lowest BCUT2D eigenvalue weighted by Crippen LogP contribution is -2.28. The van der Waals surface area contributed by atoms with Gasteiger partial charge in [-0.15, -0.1) is 0 Å². The standard InChI is InChI=1S/C15H20N2O/c1-17(12-15(11-16)7-8-15)9-6-13-4-3-5-14(10-13)18-2/h3-5,10H,6-9,12H2,1-2H3. The van der Waals surface area contributed by atoms with Crippen LogP contribution in [0.5, 0.6) is 5.75 Å². The molecule has 1 saturated carbocycles. The van der Waals surface area contributed by atoms with Crippen LogP contribution < -0.4 is 4.74 Å². The summed E-state index contributed by atoms with van der Waals surface area (Å²) in [6, 6.07) is 10.6. The number of benzene rings is 1. The summed E-state index contributed by atoms with van der Waals surface area (Å²) in [5.41, 5.74) is 1.24. The summed E-state index contributed by atoms with van der Waals surface area (Å²) in [5, 5.41) is 9.07. The average Bonchev–Trinajstić information content (AvgIpc) is 3.17. The lowest BCUT2D eigenvalue weighted by atomic mass is 10.1. The maximum atomic E-state index is 9.07. The molecule has 2 rings (SSSR count). The predicted octanol–water partition coefficient (Wildman–Crippen LogP) is 2.47. The summed E-state index contributed by atoms with van der Waals surface area (Å²) < 4.78 is 5.21. The van der Waals surface area contributed by atoms with Gasteiger partial charge in [0, 0.05) is 13.1 Å². The minimum atomic E-state index is -0.0386. The van der Waals surface area contributed by atoms with E-state index >= 15 is 0 Å². The highest BCUT2D eigenvalue weighted by atomic mass is 16.5. The van der Waals surface area contributed by atoms with Crippen LogP contribution in [0.3, 0.4) is 0 Å². The van der Waals surface area contributed by atoms with Gasteiger partial charge in [-0.25, -0.2) is 0 Å². The molecule has 1 aliphatic rings. The van der Waals surface area contributed by atoms with Crippen LogP contribution in [0.2, 0.25) is 0 Å². The number of hydrogen-bond donors (Lipinski definition) is 0. The second-order valence-electron chi connectivity index (χ2n) is 5.23. The number of nitrogens with zero attached hydrogens (tertiary/aromatic N) is 2. The Balaban J connectivity index is 1.82. The van der Waals surface area contributed by atoms with E-state index in [4.69, 9.17) is 10.00 Å². The third kappa shape index (κ3) is 3.24. The number of likely N-dealkylation sites (N-methyl/N-ethyl adjacent to an activating group) is 1. The van der Waals surface area contributed by atoms with E-state index in [1.165, 1.54) is 5.56 Å². The van der Waals surface area contributed by atoms with Gasteiger partial charge in [-0.1, -0.05) is 12.1 Å². The molecule has 1 aliphatic carbocycles. The Morgan fingerprint density at radius 1 is 1.44 bits per heavy atom. The fourth-order valence-corrected chi connectivity index (χ4v) is 2.20. The summed E-state index contributed by atoms with van der Waals surface area (Å²) in [6.45, 7) is 1.88. The zero-order valence-corrected chi connectivity index (χ0v) is 11.1. The molecule has 0 spiro atoms. The SMILES string of the molecule is COc1cccc(CCN(C)CC2(C#N)CC2)c1. The van der Waals surface area contributed by atoms with Gasteiger partial charge >= 0.3 is 0 Å². The van der Waals surface area contributed by atoms with Crippen LogP contribution in [-0.4, -0.2) is 32.1 Å². The minimum Gasteiger partial charge on any atom is -0.497 e. The molecule has 0 unspecified atom stereocenters. The van der Waals surface area contributed by atoms with Crippen molar-refractivity contribution in [3.8, 4) is 11.8 Å². The summed E-state index contributed by atoms with van der Waals surface area (Å²) in [7, 11) is 3.78. The smallest absolute Gasteiger partial charge is 0.119 e. The Hall–Kier alpha value is -1.53. The molecule has 0 amide bonds. The molecule has 1 fully saturated rings. The number of ether oxygens (including phenoxy) is 1. The van der Waals surface area contributed by atoms with Crippen molar-refractivity contribution in [2.75, 3.05) is 27.2 Å². The van der Waals surface area contributed by atoms with Crippen LogP contribution in [0.15, 0.2) is 24.3 Å². The molecule has 3 heteroatoms. The molecule has 0 bridgehead atoms. The first kappa shape index (κ1) is 12.9. The van der Waals surface area contributed by atoms with Crippen LogP contribution in [0, 0.1) is 16.7 Å². The number of rotatable bonds is 6. The van der Waals surface area contributed by atoms with E-state index in [-0.39, 0.29) is 5.41 Å². The van der Waals surface area contributed by atoms with E-state index in [9.17, 15) is 0 Å². The number of hydrogen-bond acceptors (Lipinski definition) is 3. The van der Waals surface area contributed by atoms with Gasteiger partial charge in [-0.05, 0) is 44.0 Å². The van der Waals surface area contributed by atoms with Gasteiger partial charge in [0.1, 0.15) is 5.75 Å². The van der Waals surface area contributed by atoms with Gasteiger partial charge in [0.05, 0.1) is 18.6 Å². The Morgan fingerprint density at radius 3 is 2.83 bits per heavy atom. The zero-order chi connectivity index (χ0) is 13.0. The monoisotopic (exact) mass is 244 g/mol. The average molecular weight is 244 g/mol. The maximum Gasteiger partial charge on any atom is 0.119 e. The molecule has 0 atom stereocenters. The third-order valence-electron chi connectivity index (χ3n) is 3.58. The summed E-state index contributed by atoms with van der Waals surface area (Å²) in [5.74, 6) is 0.908. The summed E-state index contributed by atoms with van der Waals surface area (Å²) >= 11 is 0. The third-order valence-corrected chi connectivity index (χ3v) is 3.58. The Morgan fingerprint density at radius 2 is 2.22 bits per heavy atom. The van der Waals surface area contributed by atoms with Crippen molar-refractivity contribution in [3.63, 3.8) is 0 Å². The van der Waals surface area contributed by atoms with Crippen LogP contribution in [0.25, 0.3) is 0 Å². The quantitative estimate of drug-likeness (QED) is 0.771. The van der Waals surface area contributed by atoms with Gasteiger partial charge in [0.2, 0.25) is 0 Å². The van der Waals surface area contributed by atoms with Crippen molar-refractivity contribution < 1.29 is 4.74 Å². The van der Waals surface area contributed by atoms with Crippen molar-refractivity contribution in [1.82, 2.24) is 4.90 Å². The highest BCUT2D eigenvalue weighted by Crippen LogP contribution is 2.45. The van der Waals surface area contributed by atoms with Gasteiger partial charge in [0.25, 0.3) is 0 Å². The minimum absolute atomic E-state index is 0.0386. The summed E-state index contributed by atoms with van der Waals surface area (Å²) in [4.78, 5) is 2.26. The van der Waals surface area contributed by atoms with Gasteiger partial charge in [0.15, 0.2) is 0 Å². The topological polar surface area (TPSA) is 36.3 Å². The van der Waals surface area contributed by atoms with Crippen molar-refractivity contribution in [2.24, 2.45) is 5.41 Å². The van der Waals surface area contributed by atoms with E-state index in [1.807, 2.05) is 12.1 Å². The van der Waals surface area contributed by atoms with E-state index < -0.39 is 0 Å². The van der Waals surface area contributed by atoms with Crippen molar-refractivity contribution in [3.05, 3.63) is 29.8 Å². The molecular formula is C15H20N2O. The molecule has 0 heterocycles. The van der Waals surface area contributed by atoms with Gasteiger partial charge in [-0.2, -0.15) is 5.26 Å². The van der Waals surface area contributed by atoms with Crippen LogP contribution in [-0.2, 0) is 6.42 Å². The van der Waals surface area contributed by atoms with Crippen LogP contribution in [0.4, 0.5) is 0 Å². The normalized spacial score (nSPS) is 16.3. The second-order valence-corrected chi connectivity index (χ2v) is 5.23. The Labute approximate surface area is 109 Å². The molecule has 1 aromatic rings. The largest absolute Gasteiger partial charge is 0.497 e. The molecule has 18 heavy (non-hydrogen) atoms. The highest BCUT2D eigenvalue weighted by Gasteiger charge is 2.43.